The molecule has 3 aliphatic heterocycles. The Kier molecular flexibility index (Phi) is 10.3. The van der Waals surface area contributed by atoms with Gasteiger partial charge in [-0.3, -0.25) is 9.80 Å². The SMILES string of the molecule is Cc1nc2c3c(n1)N(c1ccccc1-c1ccccc1)c1cc4c(cc1B3c1cc(C(C)(C)C)ccc1N2c1ccc(C(C)(C)C)cc1)-c1ccccc1[C@@]41c2ccccc2-c2ccc(N3c4ccccc4C4(C)CCCCC34C)cc21. The summed E-state index contributed by atoms with van der Waals surface area (Å²) in [6.45, 7) is 20.9. The van der Waals surface area contributed by atoms with Gasteiger partial charge in [0.1, 0.15) is 17.5 Å². The number of rotatable bonds is 4. The summed E-state index contributed by atoms with van der Waals surface area (Å²) < 4.78 is 0. The lowest BCUT2D eigenvalue weighted by molar-refractivity contribution is 0.195. The van der Waals surface area contributed by atoms with Crippen LogP contribution in [0.25, 0.3) is 33.4 Å². The fourth-order valence-corrected chi connectivity index (χ4v) is 16.3. The van der Waals surface area contributed by atoms with Crippen molar-refractivity contribution in [3.63, 3.8) is 0 Å². The van der Waals surface area contributed by atoms with Gasteiger partial charge in [-0.25, -0.2) is 9.97 Å². The minimum atomic E-state index is -0.629. The van der Waals surface area contributed by atoms with Crippen molar-refractivity contribution in [2.24, 2.45) is 0 Å². The normalized spacial score (nSPS) is 20.4. The van der Waals surface area contributed by atoms with E-state index in [2.05, 4.69) is 277 Å². The van der Waals surface area contributed by atoms with E-state index in [1.807, 2.05) is 0 Å². The van der Waals surface area contributed by atoms with E-state index in [1.165, 1.54) is 103 Å². The van der Waals surface area contributed by atoms with Gasteiger partial charge in [0.2, 0.25) is 0 Å². The molecular weight excluding hydrogens is 994 g/mol. The number of aromatic nitrogens is 2. The molecule has 4 heterocycles. The maximum atomic E-state index is 5.71. The van der Waals surface area contributed by atoms with Crippen molar-refractivity contribution in [3.8, 4) is 33.4 Å². The minimum absolute atomic E-state index is 0.00398. The number of aryl methyl sites for hydroxylation is 1. The highest BCUT2D eigenvalue weighted by molar-refractivity contribution is 7.00. The lowest BCUT2D eigenvalue weighted by Crippen LogP contribution is -2.62. The van der Waals surface area contributed by atoms with Crippen molar-refractivity contribution in [1.29, 1.82) is 0 Å². The minimum Gasteiger partial charge on any atom is -0.334 e. The molecule has 0 radical (unpaired) electrons. The third kappa shape index (κ3) is 6.52. The van der Waals surface area contributed by atoms with Crippen LogP contribution in [0, 0.1) is 6.92 Å². The molecule has 5 nitrogen and oxygen atoms in total. The first-order valence-corrected chi connectivity index (χ1v) is 29.9. The highest BCUT2D eigenvalue weighted by Crippen LogP contribution is 2.66. The van der Waals surface area contributed by atoms with Crippen molar-refractivity contribution in [3.05, 3.63) is 245 Å². The van der Waals surface area contributed by atoms with Crippen molar-refractivity contribution >= 4 is 68.9 Å². The Balaban J connectivity index is 1.01. The van der Waals surface area contributed by atoms with Gasteiger partial charge in [-0.15, -0.1) is 0 Å². The largest absolute Gasteiger partial charge is 0.334 e. The summed E-state index contributed by atoms with van der Waals surface area (Å²) in [6.07, 6.45) is 4.82. The van der Waals surface area contributed by atoms with Gasteiger partial charge in [-0.1, -0.05) is 213 Å². The number of hydrogen-bond acceptors (Lipinski definition) is 5. The van der Waals surface area contributed by atoms with Gasteiger partial charge < -0.3 is 4.90 Å². The first kappa shape index (κ1) is 49.3. The Labute approximate surface area is 484 Å². The van der Waals surface area contributed by atoms with Crippen LogP contribution in [-0.2, 0) is 21.7 Å². The van der Waals surface area contributed by atoms with Gasteiger partial charge in [0.05, 0.1) is 16.6 Å². The molecule has 1 saturated carbocycles. The van der Waals surface area contributed by atoms with Crippen LogP contribution < -0.4 is 31.1 Å². The van der Waals surface area contributed by atoms with Gasteiger partial charge >= 0.3 is 0 Å². The molecule has 1 fully saturated rings. The monoisotopic (exact) mass is 1060 g/mol. The zero-order chi connectivity index (χ0) is 55.8. The molecule has 10 aromatic rings. The van der Waals surface area contributed by atoms with Crippen molar-refractivity contribution < 1.29 is 0 Å². The number of hydrogen-bond donors (Lipinski definition) is 0. The lowest BCUT2D eigenvalue weighted by Gasteiger charge is -2.50. The van der Waals surface area contributed by atoms with Crippen LogP contribution in [0.1, 0.15) is 126 Å². The smallest absolute Gasteiger partial charge is 0.256 e. The topological polar surface area (TPSA) is 35.5 Å². The first-order valence-electron chi connectivity index (χ1n) is 29.9. The molecular formula is C76H68BN5. The third-order valence-electron chi connectivity index (χ3n) is 20.4. The molecule has 16 rings (SSSR count). The second-order valence-electron chi connectivity index (χ2n) is 26.8. The van der Waals surface area contributed by atoms with E-state index in [0.717, 1.165) is 63.2 Å². The van der Waals surface area contributed by atoms with Gasteiger partial charge in [-0.05, 0) is 164 Å². The third-order valence-corrected chi connectivity index (χ3v) is 20.4. The zero-order valence-corrected chi connectivity index (χ0v) is 48.7. The highest BCUT2D eigenvalue weighted by Gasteiger charge is 2.59. The molecule has 0 amide bonds. The number of fused-ring (bicyclic) bond motifs is 17. The Morgan fingerprint density at radius 1 is 0.427 bits per heavy atom. The van der Waals surface area contributed by atoms with Crippen LogP contribution in [0.3, 0.4) is 0 Å². The van der Waals surface area contributed by atoms with Crippen molar-refractivity contribution in [2.75, 3.05) is 14.7 Å². The molecule has 0 bridgehead atoms. The molecule has 82 heavy (non-hydrogen) atoms. The van der Waals surface area contributed by atoms with E-state index >= 15 is 0 Å². The summed E-state index contributed by atoms with van der Waals surface area (Å²) in [5.41, 5.74) is 26.8. The second-order valence-corrected chi connectivity index (χ2v) is 26.8. The summed E-state index contributed by atoms with van der Waals surface area (Å²) in [5.74, 6) is 2.57. The molecule has 0 saturated heterocycles. The summed E-state index contributed by atoms with van der Waals surface area (Å²) in [4.78, 5) is 19.0. The highest BCUT2D eigenvalue weighted by atomic mass is 15.3. The van der Waals surface area contributed by atoms with Crippen LogP contribution >= 0.6 is 0 Å². The van der Waals surface area contributed by atoms with Gasteiger partial charge in [0, 0.05) is 44.9 Å². The average molecular weight is 1060 g/mol. The molecule has 0 N–H and O–H groups in total. The maximum absolute atomic E-state index is 5.71. The number of para-hydroxylation sites is 2. The van der Waals surface area contributed by atoms with Gasteiger partial charge in [0.15, 0.2) is 0 Å². The molecule has 6 heteroatoms. The summed E-state index contributed by atoms with van der Waals surface area (Å²) in [6, 6.07) is 77.1. The number of nitrogens with zero attached hydrogens (tertiary/aromatic N) is 5. The fourth-order valence-electron chi connectivity index (χ4n) is 16.3. The Morgan fingerprint density at radius 3 is 1.68 bits per heavy atom. The summed E-state index contributed by atoms with van der Waals surface area (Å²) in [5, 5.41) is 0. The second kappa shape index (κ2) is 17.0. The van der Waals surface area contributed by atoms with E-state index in [4.69, 9.17) is 9.97 Å². The summed E-state index contributed by atoms with van der Waals surface area (Å²) in [7, 11) is 0. The van der Waals surface area contributed by atoms with Crippen LogP contribution in [0.5, 0.6) is 0 Å². The van der Waals surface area contributed by atoms with Crippen LogP contribution in [0.2, 0.25) is 0 Å². The van der Waals surface area contributed by atoms with E-state index in [0.29, 0.717) is 0 Å². The fraction of sp³-hybridized carbons (Fsp3) is 0.237. The molecule has 6 aliphatic rings. The first-order chi connectivity index (χ1) is 39.6. The molecule has 3 aliphatic carbocycles. The molecule has 400 valence electrons. The van der Waals surface area contributed by atoms with Crippen LogP contribution in [-0.4, -0.2) is 22.2 Å². The Morgan fingerprint density at radius 2 is 0.976 bits per heavy atom. The standard InChI is InChI=1S/C76H68BN5/c1-47-78-70-69-71(79-47)81(65-31-19-15-25-53(65)48-23-11-10-12-24-48)68-46-62-57(45-64(68)77(69)63-43-50(73(5,6)7)35-40-67(63)80(70)51-36-33-49(34-37-51)72(2,3)4)55-27-14-17-29-59(55)76(62)58-28-16-13-26-54(58)56-39-38-52(44-61(56)76)82-66-32-20-18-30-60(66)74(8)41-21-22-42-75(74,82)9/h10-20,23-40,43-46H,21-22,41-42H2,1-9H3/t74?,75?,76-/m1/s1. The predicted octanol–water partition coefficient (Wildman–Crippen LogP) is 17.2. The van der Waals surface area contributed by atoms with E-state index in [1.54, 1.807) is 0 Å². The zero-order valence-electron chi connectivity index (χ0n) is 48.7. The Hall–Kier alpha value is -8.48. The molecule has 9 aromatic carbocycles. The average Bonchev–Trinajstić information content (AvgIpc) is 1.51. The van der Waals surface area contributed by atoms with Gasteiger partial charge in [-0.2, -0.15) is 0 Å². The number of benzene rings is 9. The lowest BCUT2D eigenvalue weighted by atomic mass is 9.33. The Bertz CT molecular complexity index is 4340. The molecule has 2 unspecified atom stereocenters. The van der Waals surface area contributed by atoms with E-state index < -0.39 is 5.41 Å². The molecule has 3 atom stereocenters. The molecule has 1 spiro atoms. The predicted molar refractivity (Wildman–Crippen MR) is 343 cm³/mol. The quantitative estimate of drug-likeness (QED) is 0.164. The summed E-state index contributed by atoms with van der Waals surface area (Å²) >= 11 is 0. The van der Waals surface area contributed by atoms with E-state index in [-0.39, 0.29) is 28.5 Å². The molecule has 1 aromatic heterocycles. The van der Waals surface area contributed by atoms with Crippen LogP contribution in [0.4, 0.5) is 45.8 Å². The van der Waals surface area contributed by atoms with Crippen molar-refractivity contribution in [2.45, 2.75) is 115 Å². The maximum Gasteiger partial charge on any atom is 0.256 e. The number of anilines is 8. The van der Waals surface area contributed by atoms with Crippen molar-refractivity contribution in [1.82, 2.24) is 9.97 Å². The van der Waals surface area contributed by atoms with E-state index in [9.17, 15) is 0 Å². The van der Waals surface area contributed by atoms with Crippen LogP contribution in [0.15, 0.2) is 200 Å². The van der Waals surface area contributed by atoms with Gasteiger partial charge in [0.25, 0.3) is 6.71 Å².